The van der Waals surface area contributed by atoms with E-state index in [1.807, 2.05) is 0 Å². The van der Waals surface area contributed by atoms with Gasteiger partial charge in [0, 0.05) is 0 Å². The van der Waals surface area contributed by atoms with E-state index in [2.05, 4.69) is 4.74 Å². The Hall–Kier alpha value is -1.63. The number of carbonyl (C=O) groups excluding carboxylic acids is 1. The molecule has 0 aliphatic rings. The molecule has 0 radical (unpaired) electrons. The van der Waals surface area contributed by atoms with Gasteiger partial charge >= 0.3 is 17.9 Å². The third-order valence-electron chi connectivity index (χ3n) is 0.865. The molecule has 0 saturated heterocycles. The van der Waals surface area contributed by atoms with E-state index >= 15 is 0 Å². The second kappa shape index (κ2) is 4.29. The van der Waals surface area contributed by atoms with Crippen molar-refractivity contribution >= 4 is 17.9 Å². The van der Waals surface area contributed by atoms with Crippen LogP contribution in [0.25, 0.3) is 0 Å². The molecule has 0 bridgehead atoms. The number of hydrogen-bond acceptors (Lipinski definition) is 5. The minimum Gasteiger partial charge on any atom is -0.478 e. The monoisotopic (exact) mass is 177 g/mol. The zero-order chi connectivity index (χ0) is 9.72. The molecule has 0 saturated carbocycles. The standard InChI is InChI=1S/C5H7NO6/c6-1-2(7)12-3(4(8)9)5(10)11/h3H,1,6H2,(H,8,9)(H,10,11). The number of nitrogens with two attached hydrogens (primary N) is 1. The van der Waals surface area contributed by atoms with Crippen molar-refractivity contribution in [1.82, 2.24) is 0 Å². The van der Waals surface area contributed by atoms with Gasteiger partial charge in [-0.2, -0.15) is 0 Å². The number of ether oxygens (including phenoxy) is 1. The van der Waals surface area contributed by atoms with Crippen molar-refractivity contribution in [2.24, 2.45) is 5.73 Å². The summed E-state index contributed by atoms with van der Waals surface area (Å²) in [5.41, 5.74) is 4.76. The molecule has 7 nitrogen and oxygen atoms in total. The summed E-state index contributed by atoms with van der Waals surface area (Å²) in [6.45, 7) is -0.558. The average Bonchev–Trinajstić information content (AvgIpc) is 1.98. The third-order valence-corrected chi connectivity index (χ3v) is 0.865. The molecule has 4 N–H and O–H groups in total. The van der Waals surface area contributed by atoms with Gasteiger partial charge in [-0.1, -0.05) is 0 Å². The molecule has 0 unspecified atom stereocenters. The van der Waals surface area contributed by atoms with Crippen molar-refractivity contribution in [2.45, 2.75) is 6.10 Å². The van der Waals surface area contributed by atoms with Gasteiger partial charge in [0.05, 0.1) is 6.54 Å². The SMILES string of the molecule is NCC(=O)OC(C(=O)O)C(=O)O. The highest BCUT2D eigenvalue weighted by Gasteiger charge is 2.29. The van der Waals surface area contributed by atoms with Crippen LogP contribution in [0, 0.1) is 0 Å². The van der Waals surface area contributed by atoms with Crippen LogP contribution in [-0.4, -0.2) is 40.8 Å². The maximum absolute atomic E-state index is 10.4. The minimum absolute atomic E-state index is 0.558. The van der Waals surface area contributed by atoms with Crippen molar-refractivity contribution in [3.63, 3.8) is 0 Å². The van der Waals surface area contributed by atoms with Crippen molar-refractivity contribution in [3.8, 4) is 0 Å². The molecule has 0 aromatic carbocycles. The fraction of sp³-hybridized carbons (Fsp3) is 0.400. The summed E-state index contributed by atoms with van der Waals surface area (Å²) in [6.07, 6.45) is -2.18. The average molecular weight is 177 g/mol. The van der Waals surface area contributed by atoms with Crippen molar-refractivity contribution in [1.29, 1.82) is 0 Å². The largest absolute Gasteiger partial charge is 0.478 e. The first-order valence-corrected chi connectivity index (χ1v) is 2.84. The molecule has 0 heterocycles. The maximum Gasteiger partial charge on any atom is 0.356 e. The highest BCUT2D eigenvalue weighted by atomic mass is 16.6. The highest BCUT2D eigenvalue weighted by Crippen LogP contribution is 1.92. The zero-order valence-electron chi connectivity index (χ0n) is 5.89. The Morgan fingerprint density at radius 3 is 1.92 bits per heavy atom. The summed E-state index contributed by atoms with van der Waals surface area (Å²) in [6, 6.07) is 0. The van der Waals surface area contributed by atoms with Crippen LogP contribution in [0.5, 0.6) is 0 Å². The topological polar surface area (TPSA) is 127 Å². The van der Waals surface area contributed by atoms with Gasteiger partial charge in [-0.05, 0) is 0 Å². The Labute approximate surface area is 66.7 Å². The Bertz CT molecular complexity index is 198. The molecule has 0 atom stereocenters. The lowest BCUT2D eigenvalue weighted by Crippen LogP contribution is -2.36. The van der Waals surface area contributed by atoms with E-state index in [1.54, 1.807) is 0 Å². The molecule has 0 aromatic heterocycles. The third kappa shape index (κ3) is 2.97. The second-order valence-corrected chi connectivity index (χ2v) is 1.75. The van der Waals surface area contributed by atoms with Crippen molar-refractivity contribution < 1.29 is 29.3 Å². The van der Waals surface area contributed by atoms with Crippen LogP contribution in [0.3, 0.4) is 0 Å². The lowest BCUT2D eigenvalue weighted by molar-refractivity contribution is -0.174. The Balaban J connectivity index is 4.24. The Kier molecular flexibility index (Phi) is 3.71. The van der Waals surface area contributed by atoms with Crippen LogP contribution < -0.4 is 5.73 Å². The summed E-state index contributed by atoms with van der Waals surface area (Å²) in [4.78, 5) is 30.5. The van der Waals surface area contributed by atoms with Crippen molar-refractivity contribution in [3.05, 3.63) is 0 Å². The first kappa shape index (κ1) is 10.4. The number of carboxylic acids is 2. The molecule has 0 aliphatic heterocycles. The maximum atomic E-state index is 10.4. The zero-order valence-corrected chi connectivity index (χ0v) is 5.89. The molecule has 0 aromatic rings. The molecule has 0 fully saturated rings. The summed E-state index contributed by atoms with van der Waals surface area (Å²) in [5.74, 6) is -4.57. The number of aliphatic carboxylic acids is 2. The van der Waals surface area contributed by atoms with Crippen LogP contribution in [0.2, 0.25) is 0 Å². The van der Waals surface area contributed by atoms with E-state index in [-0.39, 0.29) is 0 Å². The number of hydrogen-bond donors (Lipinski definition) is 3. The van der Waals surface area contributed by atoms with Crippen molar-refractivity contribution in [2.75, 3.05) is 6.54 Å². The Morgan fingerprint density at radius 2 is 1.67 bits per heavy atom. The first-order valence-electron chi connectivity index (χ1n) is 2.84. The van der Waals surface area contributed by atoms with Gasteiger partial charge in [-0.15, -0.1) is 0 Å². The molecule has 68 valence electrons. The highest BCUT2D eigenvalue weighted by molar-refractivity contribution is 5.98. The van der Waals surface area contributed by atoms with Gasteiger partial charge in [-0.3, -0.25) is 4.79 Å². The van der Waals surface area contributed by atoms with Gasteiger partial charge in [0.1, 0.15) is 0 Å². The van der Waals surface area contributed by atoms with Crippen LogP contribution in [0.4, 0.5) is 0 Å². The minimum atomic E-state index is -2.18. The van der Waals surface area contributed by atoms with E-state index in [1.165, 1.54) is 0 Å². The molecule has 0 rings (SSSR count). The second-order valence-electron chi connectivity index (χ2n) is 1.75. The van der Waals surface area contributed by atoms with E-state index in [9.17, 15) is 14.4 Å². The first-order chi connectivity index (χ1) is 5.49. The number of carbonyl (C=O) groups is 3. The van der Waals surface area contributed by atoms with E-state index in [4.69, 9.17) is 15.9 Å². The van der Waals surface area contributed by atoms with E-state index in [0.717, 1.165) is 0 Å². The van der Waals surface area contributed by atoms with Crippen LogP contribution >= 0.6 is 0 Å². The molecular weight excluding hydrogens is 170 g/mol. The number of esters is 1. The predicted octanol–water partition coefficient (Wildman–Crippen LogP) is -1.97. The molecule has 0 amide bonds. The van der Waals surface area contributed by atoms with Crippen LogP contribution in [0.1, 0.15) is 0 Å². The normalized spacial score (nSPS) is 9.50. The Morgan fingerprint density at radius 1 is 1.25 bits per heavy atom. The van der Waals surface area contributed by atoms with E-state index in [0.29, 0.717) is 0 Å². The molecule has 0 aliphatic carbocycles. The molecule has 7 heteroatoms. The van der Waals surface area contributed by atoms with E-state index < -0.39 is 30.6 Å². The summed E-state index contributed by atoms with van der Waals surface area (Å²) in [7, 11) is 0. The molecule has 12 heavy (non-hydrogen) atoms. The summed E-state index contributed by atoms with van der Waals surface area (Å²) < 4.78 is 3.96. The fourth-order valence-electron chi connectivity index (χ4n) is 0.386. The van der Waals surface area contributed by atoms with Gasteiger partial charge in [0.25, 0.3) is 6.10 Å². The lowest BCUT2D eigenvalue weighted by Gasteiger charge is -2.07. The van der Waals surface area contributed by atoms with Gasteiger partial charge in [0.2, 0.25) is 0 Å². The molecule has 0 spiro atoms. The molecular formula is C5H7NO6. The van der Waals surface area contributed by atoms with Gasteiger partial charge in [0.15, 0.2) is 0 Å². The fourth-order valence-corrected chi connectivity index (χ4v) is 0.386. The predicted molar refractivity (Wildman–Crippen MR) is 34.2 cm³/mol. The summed E-state index contributed by atoms with van der Waals surface area (Å²) >= 11 is 0. The van der Waals surface area contributed by atoms with Crippen LogP contribution in [-0.2, 0) is 19.1 Å². The smallest absolute Gasteiger partial charge is 0.356 e. The summed E-state index contributed by atoms with van der Waals surface area (Å²) in [5, 5.41) is 16.4. The van der Waals surface area contributed by atoms with Crippen LogP contribution in [0.15, 0.2) is 0 Å². The number of carboxylic acid groups (broad SMARTS) is 2. The van der Waals surface area contributed by atoms with Gasteiger partial charge in [-0.25, -0.2) is 9.59 Å². The van der Waals surface area contributed by atoms with Gasteiger partial charge < -0.3 is 20.7 Å². The number of rotatable bonds is 4. The lowest BCUT2D eigenvalue weighted by atomic mass is 10.4. The quantitative estimate of drug-likeness (QED) is 0.335.